The number of aromatic nitrogens is 1. The summed E-state index contributed by atoms with van der Waals surface area (Å²) >= 11 is 0. The van der Waals surface area contributed by atoms with Gasteiger partial charge in [0.2, 0.25) is 5.88 Å². The maximum absolute atomic E-state index is 5.80. The second kappa shape index (κ2) is 4.80. The van der Waals surface area contributed by atoms with Gasteiger partial charge in [-0.25, -0.2) is 0 Å². The molecule has 0 fully saturated rings. The number of rotatable bonds is 2. The molecule has 3 rings (SSSR count). The number of anilines is 2. The maximum Gasteiger partial charge on any atom is 0.238 e. The van der Waals surface area contributed by atoms with Crippen LogP contribution >= 0.6 is 0 Å². The summed E-state index contributed by atoms with van der Waals surface area (Å²) in [5.74, 6) is 1.41. The summed E-state index contributed by atoms with van der Waals surface area (Å²) in [5, 5.41) is 0. The minimum atomic E-state index is 0.497. The van der Waals surface area contributed by atoms with E-state index in [9.17, 15) is 0 Å². The summed E-state index contributed by atoms with van der Waals surface area (Å²) < 4.78 is 5.18. The fraction of sp³-hybridized carbons (Fsp3) is 0.267. The third-order valence-corrected chi connectivity index (χ3v) is 3.52. The fourth-order valence-corrected chi connectivity index (χ4v) is 2.47. The zero-order valence-electron chi connectivity index (χ0n) is 11.0. The quantitative estimate of drug-likeness (QED) is 0.894. The van der Waals surface area contributed by atoms with Gasteiger partial charge in [0.05, 0.1) is 12.8 Å². The zero-order valence-corrected chi connectivity index (χ0v) is 11.0. The molecule has 2 N–H and O–H groups in total. The smallest absolute Gasteiger partial charge is 0.238 e. The Morgan fingerprint density at radius 2 is 1.95 bits per heavy atom. The normalized spacial score (nSPS) is 14.1. The van der Waals surface area contributed by atoms with Crippen molar-refractivity contribution in [1.82, 2.24) is 4.98 Å². The zero-order chi connectivity index (χ0) is 13.2. The Labute approximate surface area is 112 Å². The van der Waals surface area contributed by atoms with Crippen molar-refractivity contribution in [3.63, 3.8) is 0 Å². The Kier molecular flexibility index (Phi) is 2.99. The standard InChI is InChI=1S/C15H17N3O/c1-19-15-13(16)6-7-14(17-15)18-9-8-11-4-2-3-5-12(11)10-18/h2-7H,8-10,16H2,1H3. The van der Waals surface area contributed by atoms with E-state index in [0.717, 1.165) is 25.3 Å². The molecular weight excluding hydrogens is 238 g/mol. The molecule has 4 heteroatoms. The molecule has 1 aromatic heterocycles. The van der Waals surface area contributed by atoms with Gasteiger partial charge in [0.25, 0.3) is 0 Å². The van der Waals surface area contributed by atoms with Crippen molar-refractivity contribution in [2.75, 3.05) is 24.3 Å². The number of hydrogen-bond acceptors (Lipinski definition) is 4. The molecule has 1 aromatic carbocycles. The predicted octanol–water partition coefficient (Wildman–Crippen LogP) is 2.24. The lowest BCUT2D eigenvalue weighted by Gasteiger charge is -2.30. The molecule has 0 bridgehead atoms. The molecule has 1 aliphatic heterocycles. The molecule has 0 saturated heterocycles. The maximum atomic E-state index is 5.80. The number of benzene rings is 1. The van der Waals surface area contributed by atoms with Gasteiger partial charge in [0.1, 0.15) is 5.82 Å². The van der Waals surface area contributed by atoms with Crippen LogP contribution < -0.4 is 15.4 Å². The van der Waals surface area contributed by atoms with E-state index < -0.39 is 0 Å². The van der Waals surface area contributed by atoms with Crippen LogP contribution in [0.25, 0.3) is 0 Å². The average molecular weight is 255 g/mol. The second-order valence-corrected chi connectivity index (χ2v) is 4.71. The van der Waals surface area contributed by atoms with Gasteiger partial charge in [-0.15, -0.1) is 0 Å². The monoisotopic (exact) mass is 255 g/mol. The number of fused-ring (bicyclic) bond motifs is 1. The van der Waals surface area contributed by atoms with E-state index in [4.69, 9.17) is 10.5 Å². The van der Waals surface area contributed by atoms with E-state index in [0.29, 0.717) is 11.6 Å². The topological polar surface area (TPSA) is 51.4 Å². The second-order valence-electron chi connectivity index (χ2n) is 4.71. The van der Waals surface area contributed by atoms with Crippen molar-refractivity contribution >= 4 is 11.5 Å². The summed E-state index contributed by atoms with van der Waals surface area (Å²) in [6, 6.07) is 12.4. The summed E-state index contributed by atoms with van der Waals surface area (Å²) in [6.45, 7) is 1.85. The van der Waals surface area contributed by atoms with Crippen LogP contribution in [0.1, 0.15) is 11.1 Å². The third-order valence-electron chi connectivity index (χ3n) is 3.52. The van der Waals surface area contributed by atoms with Crippen LogP contribution in [-0.4, -0.2) is 18.6 Å². The van der Waals surface area contributed by atoms with Crippen LogP contribution in [0.4, 0.5) is 11.5 Å². The van der Waals surface area contributed by atoms with Crippen LogP contribution in [0, 0.1) is 0 Å². The number of hydrogen-bond donors (Lipinski definition) is 1. The predicted molar refractivity (Wildman–Crippen MR) is 76.4 cm³/mol. The molecule has 2 aromatic rings. The van der Waals surface area contributed by atoms with Crippen molar-refractivity contribution in [1.29, 1.82) is 0 Å². The molecule has 98 valence electrons. The fourth-order valence-electron chi connectivity index (χ4n) is 2.47. The molecule has 0 radical (unpaired) electrons. The lowest BCUT2D eigenvalue weighted by atomic mass is 10.00. The van der Waals surface area contributed by atoms with Crippen molar-refractivity contribution < 1.29 is 4.74 Å². The average Bonchev–Trinajstić information content (AvgIpc) is 2.47. The highest BCUT2D eigenvalue weighted by molar-refractivity contribution is 5.55. The Hall–Kier alpha value is -2.23. The molecular formula is C15H17N3O. The van der Waals surface area contributed by atoms with E-state index in [-0.39, 0.29) is 0 Å². The van der Waals surface area contributed by atoms with Crippen molar-refractivity contribution in [3.8, 4) is 5.88 Å². The molecule has 0 unspecified atom stereocenters. The molecule has 1 aliphatic rings. The minimum absolute atomic E-state index is 0.497. The number of pyridine rings is 1. The number of methoxy groups -OCH3 is 1. The van der Waals surface area contributed by atoms with Crippen LogP contribution in [-0.2, 0) is 13.0 Å². The van der Waals surface area contributed by atoms with Gasteiger partial charge in [0.15, 0.2) is 0 Å². The van der Waals surface area contributed by atoms with Gasteiger partial charge in [-0.2, -0.15) is 4.98 Å². The van der Waals surface area contributed by atoms with E-state index in [2.05, 4.69) is 34.1 Å². The first-order valence-corrected chi connectivity index (χ1v) is 6.40. The molecule has 4 nitrogen and oxygen atoms in total. The van der Waals surface area contributed by atoms with E-state index in [1.807, 2.05) is 12.1 Å². The highest BCUT2D eigenvalue weighted by atomic mass is 16.5. The van der Waals surface area contributed by atoms with Crippen LogP contribution in [0.5, 0.6) is 5.88 Å². The molecule has 0 saturated carbocycles. The lowest BCUT2D eigenvalue weighted by Crippen LogP contribution is -2.31. The number of nitrogens with zero attached hydrogens (tertiary/aromatic N) is 2. The lowest BCUT2D eigenvalue weighted by molar-refractivity contribution is 0.400. The highest BCUT2D eigenvalue weighted by Gasteiger charge is 2.17. The molecule has 0 spiro atoms. The molecule has 0 aliphatic carbocycles. The van der Waals surface area contributed by atoms with E-state index in [1.165, 1.54) is 11.1 Å². The van der Waals surface area contributed by atoms with Crippen LogP contribution in [0.3, 0.4) is 0 Å². The van der Waals surface area contributed by atoms with Gasteiger partial charge in [-0.1, -0.05) is 24.3 Å². The summed E-state index contributed by atoms with van der Waals surface area (Å²) in [6.07, 6.45) is 1.05. The van der Waals surface area contributed by atoms with Gasteiger partial charge in [-0.3, -0.25) is 0 Å². The highest BCUT2D eigenvalue weighted by Crippen LogP contribution is 2.27. The van der Waals surface area contributed by atoms with E-state index >= 15 is 0 Å². The number of ether oxygens (including phenoxy) is 1. The Morgan fingerprint density at radius 1 is 1.16 bits per heavy atom. The number of nitrogen functional groups attached to an aromatic ring is 1. The van der Waals surface area contributed by atoms with Gasteiger partial charge in [0, 0.05) is 13.1 Å². The van der Waals surface area contributed by atoms with Crippen molar-refractivity contribution in [2.24, 2.45) is 0 Å². The summed E-state index contributed by atoms with van der Waals surface area (Å²) in [5.41, 5.74) is 9.17. The largest absolute Gasteiger partial charge is 0.479 e. The van der Waals surface area contributed by atoms with E-state index in [1.54, 1.807) is 7.11 Å². The molecule has 19 heavy (non-hydrogen) atoms. The molecule has 2 heterocycles. The molecule has 0 amide bonds. The Morgan fingerprint density at radius 3 is 2.74 bits per heavy atom. The third kappa shape index (κ3) is 2.21. The van der Waals surface area contributed by atoms with Crippen molar-refractivity contribution in [2.45, 2.75) is 13.0 Å². The van der Waals surface area contributed by atoms with Gasteiger partial charge < -0.3 is 15.4 Å². The first-order valence-electron chi connectivity index (χ1n) is 6.40. The Bertz CT molecular complexity index is 598. The van der Waals surface area contributed by atoms with Crippen LogP contribution in [0.2, 0.25) is 0 Å². The number of nitrogens with two attached hydrogens (primary N) is 1. The summed E-state index contributed by atoms with van der Waals surface area (Å²) in [4.78, 5) is 6.72. The molecule has 0 atom stereocenters. The SMILES string of the molecule is COc1nc(N2CCc3ccccc3C2)ccc1N. The first-order chi connectivity index (χ1) is 9.28. The van der Waals surface area contributed by atoms with Crippen LogP contribution in [0.15, 0.2) is 36.4 Å². The van der Waals surface area contributed by atoms with Gasteiger partial charge in [-0.05, 0) is 29.7 Å². The Balaban J connectivity index is 1.89. The van der Waals surface area contributed by atoms with Gasteiger partial charge >= 0.3 is 0 Å². The minimum Gasteiger partial charge on any atom is -0.479 e. The first kappa shape index (κ1) is 11.8. The summed E-state index contributed by atoms with van der Waals surface area (Å²) in [7, 11) is 1.59. The van der Waals surface area contributed by atoms with Crippen molar-refractivity contribution in [3.05, 3.63) is 47.5 Å².